The summed E-state index contributed by atoms with van der Waals surface area (Å²) in [5.74, 6) is 0. The first-order chi connectivity index (χ1) is 2.41. The number of rotatable bonds is 0. The summed E-state index contributed by atoms with van der Waals surface area (Å²) in [5, 5.41) is 7.57. The number of aliphatic hydroxyl groups excluding tert-OH is 1. The van der Waals surface area contributed by atoms with Gasteiger partial charge in [-0.25, -0.2) is 0 Å². The molecule has 0 amide bonds. The van der Waals surface area contributed by atoms with Crippen LogP contribution in [0.25, 0.3) is 0 Å². The molecule has 0 aliphatic carbocycles. The van der Waals surface area contributed by atoms with Crippen molar-refractivity contribution in [2.75, 3.05) is 12.9 Å². The van der Waals surface area contributed by atoms with E-state index >= 15 is 0 Å². The molecule has 0 aliphatic rings. The molecule has 0 aliphatic heterocycles. The van der Waals surface area contributed by atoms with Crippen LogP contribution in [-0.2, 0) is 12.6 Å². The molecule has 34 valence electrons. The second kappa shape index (κ2) is 33.3. The van der Waals surface area contributed by atoms with Crippen molar-refractivity contribution in [3.8, 4) is 0 Å². The maximum atomic E-state index is 7.57. The van der Waals surface area contributed by atoms with Crippen LogP contribution in [0.15, 0.2) is 0 Å². The molecule has 0 aromatic carbocycles. The van der Waals surface area contributed by atoms with Crippen molar-refractivity contribution in [1.29, 1.82) is 0 Å². The first kappa shape index (κ1) is 15.7. The Morgan fingerprint density at radius 2 is 1.50 bits per heavy atom. The van der Waals surface area contributed by atoms with Crippen molar-refractivity contribution in [3.63, 3.8) is 0 Å². The third-order valence-electron chi connectivity index (χ3n) is 0. The van der Waals surface area contributed by atoms with Gasteiger partial charge in [0.2, 0.25) is 0 Å². The molecule has 1 N–H and O–H groups in total. The first-order valence-electron chi connectivity index (χ1n) is 1.43. The fourth-order valence-electron chi connectivity index (χ4n) is 0. The molecule has 0 saturated heterocycles. The summed E-state index contributed by atoms with van der Waals surface area (Å²) in [7, 11) is 0. The van der Waals surface area contributed by atoms with Crippen LogP contribution in [0.4, 0.5) is 0 Å². The molecular weight excluding hydrogens is 107 g/mol. The molecule has 0 spiro atoms. The zero-order valence-electron chi connectivity index (χ0n) is 4.56. The molecule has 0 saturated carbocycles. The Morgan fingerprint density at radius 1 is 1.50 bits per heavy atom. The quantitative estimate of drug-likeness (QED) is 0.272. The van der Waals surface area contributed by atoms with Gasteiger partial charge in [-0.15, -0.1) is 0 Å². The molecule has 0 rings (SSSR count). The Labute approximate surface area is 66.8 Å². The molecule has 0 unspecified atom stereocenters. The Morgan fingerprint density at radius 3 is 1.50 bits per heavy atom. The topological polar surface area (TPSA) is 20.2 Å². The average molecular weight is 116 g/mol. The molecule has 0 heterocycles. The third-order valence-corrected chi connectivity index (χ3v) is 0. The van der Waals surface area contributed by atoms with Crippen LogP contribution in [0.1, 0.15) is 6.92 Å². The minimum absolute atomic E-state index is 0. The Hall–Kier alpha value is 1.31. The summed E-state index contributed by atoms with van der Waals surface area (Å²) in [6, 6.07) is 0. The first-order valence-corrected chi connectivity index (χ1v) is 2.25. The molecule has 0 radical (unpaired) electrons. The van der Waals surface area contributed by atoms with Crippen LogP contribution in [0.2, 0.25) is 0 Å². The minimum Gasteiger partial charge on any atom is -0.796 e. The van der Waals surface area contributed by atoms with Gasteiger partial charge in [0.1, 0.15) is 0 Å². The molecule has 0 fully saturated rings. The molecule has 3 heteroatoms. The van der Waals surface area contributed by atoms with Crippen LogP contribution < -0.4 is 29.6 Å². The van der Waals surface area contributed by atoms with Gasteiger partial charge in [0.05, 0.1) is 0 Å². The van der Waals surface area contributed by atoms with E-state index in [0.717, 1.165) is 0 Å². The summed E-state index contributed by atoms with van der Waals surface area (Å²) in [6.07, 6.45) is 1.58. The summed E-state index contributed by atoms with van der Waals surface area (Å²) in [4.78, 5) is 0. The standard InChI is InChI=1S/C2H6O.CH4S.Na/c1-2-3;1-2;/h3H,2H2,1H3;2H,1H3;/q;;+1/p-1. The summed E-state index contributed by atoms with van der Waals surface area (Å²) in [5.41, 5.74) is 0. The molecule has 6 heavy (non-hydrogen) atoms. The van der Waals surface area contributed by atoms with Gasteiger partial charge in [-0.1, -0.05) is 0 Å². The second-order valence-corrected chi connectivity index (χ2v) is 0.316. The van der Waals surface area contributed by atoms with Crippen LogP contribution in [0.5, 0.6) is 0 Å². The van der Waals surface area contributed by atoms with Gasteiger partial charge in [-0.3, -0.25) is 0 Å². The average Bonchev–Trinajstić information content (AvgIpc) is 1.46. The Kier molecular flexibility index (Phi) is 87.1. The van der Waals surface area contributed by atoms with Crippen molar-refractivity contribution in [2.45, 2.75) is 6.92 Å². The van der Waals surface area contributed by atoms with E-state index < -0.39 is 0 Å². The Bertz CT molecular complexity index is 10.8. The molecule has 0 aromatic rings. The van der Waals surface area contributed by atoms with Crippen molar-refractivity contribution in [2.24, 2.45) is 0 Å². The fourth-order valence-corrected chi connectivity index (χ4v) is 0. The van der Waals surface area contributed by atoms with E-state index in [9.17, 15) is 0 Å². The number of hydrogen-bond donors (Lipinski definition) is 1. The van der Waals surface area contributed by atoms with E-state index in [1.54, 1.807) is 13.2 Å². The molecule has 0 aromatic heterocycles. The van der Waals surface area contributed by atoms with Crippen LogP contribution >= 0.6 is 0 Å². The van der Waals surface area contributed by atoms with E-state index in [4.69, 9.17) is 5.11 Å². The largest absolute Gasteiger partial charge is 1.00 e. The van der Waals surface area contributed by atoms with E-state index in [0.29, 0.717) is 0 Å². The normalized spacial score (nSPS) is 4.00. The maximum Gasteiger partial charge on any atom is 1.00 e. The molecule has 0 bridgehead atoms. The maximum absolute atomic E-state index is 7.57. The van der Waals surface area contributed by atoms with Gasteiger partial charge in [0.15, 0.2) is 0 Å². The zero-order valence-corrected chi connectivity index (χ0v) is 7.38. The summed E-state index contributed by atoms with van der Waals surface area (Å²) >= 11 is 4.08. The fraction of sp³-hybridized carbons (Fsp3) is 1.00. The summed E-state index contributed by atoms with van der Waals surface area (Å²) in [6.45, 7) is 1.93. The van der Waals surface area contributed by atoms with Gasteiger partial charge in [0.25, 0.3) is 0 Å². The van der Waals surface area contributed by atoms with Crippen molar-refractivity contribution < 1.29 is 34.7 Å². The molecule has 0 atom stereocenters. The van der Waals surface area contributed by atoms with E-state index in [1.165, 1.54) is 0 Å². The Balaban J connectivity index is -0.0000000275. The number of hydrogen-bond acceptors (Lipinski definition) is 2. The predicted octanol–water partition coefficient (Wildman–Crippen LogP) is -2.83. The van der Waals surface area contributed by atoms with Crippen molar-refractivity contribution >= 4 is 12.6 Å². The van der Waals surface area contributed by atoms with Gasteiger partial charge < -0.3 is 17.7 Å². The van der Waals surface area contributed by atoms with Gasteiger partial charge in [-0.2, -0.15) is 6.26 Å². The summed E-state index contributed by atoms with van der Waals surface area (Å²) < 4.78 is 0. The monoisotopic (exact) mass is 116 g/mol. The van der Waals surface area contributed by atoms with E-state index in [2.05, 4.69) is 12.6 Å². The smallest absolute Gasteiger partial charge is 0.796 e. The van der Waals surface area contributed by atoms with Gasteiger partial charge in [-0.05, 0) is 6.92 Å². The van der Waals surface area contributed by atoms with E-state index in [1.807, 2.05) is 0 Å². The SMILES string of the molecule is CCO.C[S-].[Na+]. The zero-order chi connectivity index (χ0) is 4.71. The number of aliphatic hydroxyl groups is 1. The molecular formula is C3H9NaOS. The minimum atomic E-state index is 0. The second-order valence-electron chi connectivity index (χ2n) is 0.316. The van der Waals surface area contributed by atoms with Gasteiger partial charge >= 0.3 is 29.6 Å². The molecule has 1 nitrogen and oxygen atoms in total. The van der Waals surface area contributed by atoms with Crippen molar-refractivity contribution in [3.05, 3.63) is 0 Å². The van der Waals surface area contributed by atoms with E-state index in [-0.39, 0.29) is 36.2 Å². The van der Waals surface area contributed by atoms with Gasteiger partial charge in [0, 0.05) is 6.61 Å². The van der Waals surface area contributed by atoms with Crippen LogP contribution in [0, 0.1) is 0 Å². The predicted molar refractivity (Wildman–Crippen MR) is 26.0 cm³/mol. The third kappa shape index (κ3) is 57.5. The van der Waals surface area contributed by atoms with Crippen molar-refractivity contribution in [1.82, 2.24) is 0 Å². The van der Waals surface area contributed by atoms with Crippen LogP contribution in [0.3, 0.4) is 0 Å². The van der Waals surface area contributed by atoms with Crippen LogP contribution in [-0.4, -0.2) is 18.0 Å².